The number of benzene rings is 8. The Labute approximate surface area is 656 Å². The molecule has 9 aromatic rings. The first kappa shape index (κ1) is 89.8. The second kappa shape index (κ2) is 40.1. The van der Waals surface area contributed by atoms with Crippen LogP contribution in [0.2, 0.25) is 5.02 Å². The van der Waals surface area contributed by atoms with Crippen LogP contribution >= 0.6 is 11.6 Å². The van der Waals surface area contributed by atoms with Crippen LogP contribution in [0.5, 0.6) is 0 Å². The summed E-state index contributed by atoms with van der Waals surface area (Å²) in [5.74, 6) is -0.367. The highest BCUT2D eigenvalue weighted by Crippen LogP contribution is 2.34. The molecule has 0 fully saturated rings. The Morgan fingerprint density at radius 2 is 0.916 bits per heavy atom. The third-order valence-corrected chi connectivity index (χ3v) is 20.2. The zero-order chi connectivity index (χ0) is 79.9. The Kier molecular flexibility index (Phi) is 33.6. The fourth-order valence-electron chi connectivity index (χ4n) is 12.8. The molecule has 11 rings (SSSR count). The number of fused-ring (bicyclic) bond motifs is 2. The SMILES string of the molecule is CC(C)(C)N1CCc2ccccc21.CC(C)(C)N1CCc2ccccc2C1.CC(C)N(c1ccc(Cl)c(F)c1)C(C)(C)C.CCN(c1ccccc1)C(C)(C)C.CN(Cc1ccc(-c2ccccc2)cc1)C(C)(C)C.CN(Cc1ccc(-c2ccccn2)cc1)C(C)(C)C.Cc1cccc(N(C)C(C)(C)C)c1. The highest BCUT2D eigenvalue weighted by atomic mass is 35.5. The maximum Gasteiger partial charge on any atom is 0.143 e. The van der Waals surface area contributed by atoms with Gasteiger partial charge in [0.25, 0.3) is 0 Å². The zero-order valence-electron chi connectivity index (χ0n) is 71.4. The molecule has 10 heteroatoms. The maximum absolute atomic E-state index is 13.4. The predicted molar refractivity (Wildman–Crippen MR) is 469 cm³/mol. The van der Waals surface area contributed by atoms with E-state index in [4.69, 9.17) is 11.6 Å². The Balaban J connectivity index is 0.000000225. The summed E-state index contributed by atoms with van der Waals surface area (Å²) in [5, 5.41) is 0.168. The van der Waals surface area contributed by atoms with Crippen LogP contribution in [-0.4, -0.2) is 105 Å². The minimum absolute atomic E-state index is 0.0472. The summed E-state index contributed by atoms with van der Waals surface area (Å²) in [7, 11) is 6.46. The summed E-state index contributed by atoms with van der Waals surface area (Å²) in [6, 6.07) is 76.0. The van der Waals surface area contributed by atoms with Crippen LogP contribution in [0.4, 0.5) is 27.1 Å². The van der Waals surface area contributed by atoms with Gasteiger partial charge in [0, 0.05) is 126 Å². The quantitative estimate of drug-likeness (QED) is 0.127. The average Bonchev–Trinajstić information content (AvgIpc) is 1.78. The molecule has 0 amide bonds. The first-order valence-corrected chi connectivity index (χ1v) is 39.3. The van der Waals surface area contributed by atoms with Crippen LogP contribution in [-0.2, 0) is 32.5 Å². The molecule has 1 aromatic heterocycles. The van der Waals surface area contributed by atoms with E-state index in [1.165, 1.54) is 99.1 Å². The maximum atomic E-state index is 13.4. The van der Waals surface area contributed by atoms with Crippen molar-refractivity contribution in [1.29, 1.82) is 0 Å². The molecule has 0 N–H and O–H groups in total. The molecule has 0 spiro atoms. The van der Waals surface area contributed by atoms with Crippen LogP contribution in [0.1, 0.15) is 200 Å². The third-order valence-electron chi connectivity index (χ3n) is 19.9. The van der Waals surface area contributed by atoms with Gasteiger partial charge < -0.3 is 19.6 Å². The highest BCUT2D eigenvalue weighted by Gasteiger charge is 2.29. The van der Waals surface area contributed by atoms with Gasteiger partial charge in [0.15, 0.2) is 0 Å². The number of aromatic nitrogens is 1. The summed E-state index contributed by atoms with van der Waals surface area (Å²) in [4.78, 5) is 21.0. The second-order valence-corrected chi connectivity index (χ2v) is 36.3. The lowest BCUT2D eigenvalue weighted by Gasteiger charge is -2.41. The van der Waals surface area contributed by atoms with Gasteiger partial charge in [0.1, 0.15) is 5.82 Å². The molecule has 0 saturated heterocycles. The predicted octanol–water partition coefficient (Wildman–Crippen LogP) is 25.3. The Morgan fingerprint density at radius 3 is 1.37 bits per heavy atom. The van der Waals surface area contributed by atoms with Crippen molar-refractivity contribution >= 4 is 34.4 Å². The number of para-hydroxylation sites is 2. The van der Waals surface area contributed by atoms with Gasteiger partial charge in [0.05, 0.1) is 10.7 Å². The van der Waals surface area contributed by atoms with E-state index in [2.05, 4.69) is 416 Å². The number of halogens is 2. The zero-order valence-corrected chi connectivity index (χ0v) is 72.2. The number of rotatable bonds is 11. The standard InChI is InChI=1S/C18H23N.C17H22N2.C13H19ClFN.C13H19N.C12H17N.2C12H19N/c1-18(2,3)19(4)14-15-10-12-17(13-11-15)16-8-6-5-7-9-16;1-17(2,3)19(4)13-14-8-10-15(11-9-14)16-7-5-6-12-18-16;1-9(2)16(13(3,4)5)10-6-7-11(14)12(15)8-10;1-13(2,3)14-9-8-11-6-4-5-7-12(11)10-14;1-12(2,3)13-9-8-10-6-4-5-7-11(10)13;1-10-7-6-8-11(9-10)13(5)12(2,3)4;1-5-13(12(2,3)4)11-9-7-6-8-10-11/h5-13H,14H2,1-4H3;5-12H,13H2,1-4H3;6-9H,1-5H3;4-7H,8-10H2,1-3H3;4-7H,8-9H2,1-3H3;6-9H,1-5H3;6-10H,5H2,1-4H3. The van der Waals surface area contributed by atoms with Gasteiger partial charge in [-0.05, 0) is 305 Å². The molecule has 0 atom stereocenters. The normalized spacial score (nSPS) is 13.1. The molecular formula is C97H138ClFN8. The molecule has 580 valence electrons. The molecule has 107 heavy (non-hydrogen) atoms. The first-order chi connectivity index (χ1) is 49.8. The van der Waals surface area contributed by atoms with Crippen molar-refractivity contribution in [2.24, 2.45) is 0 Å². The van der Waals surface area contributed by atoms with Crippen LogP contribution in [0.3, 0.4) is 0 Å². The molecule has 2 aliphatic rings. The highest BCUT2D eigenvalue weighted by molar-refractivity contribution is 6.30. The largest absolute Gasteiger partial charge is 0.370 e. The third kappa shape index (κ3) is 29.6. The number of aryl methyl sites for hydroxylation is 1. The summed E-state index contributed by atoms with van der Waals surface area (Å²) in [6.45, 7) is 61.8. The van der Waals surface area contributed by atoms with Gasteiger partial charge in [-0.2, -0.15) is 0 Å². The van der Waals surface area contributed by atoms with E-state index in [0.29, 0.717) is 11.6 Å². The molecule has 0 saturated carbocycles. The van der Waals surface area contributed by atoms with Gasteiger partial charge >= 0.3 is 0 Å². The van der Waals surface area contributed by atoms with Crippen LogP contribution in [0.15, 0.2) is 225 Å². The Morgan fingerprint density at radius 1 is 0.439 bits per heavy atom. The minimum Gasteiger partial charge on any atom is -0.370 e. The van der Waals surface area contributed by atoms with E-state index in [1.807, 2.05) is 30.5 Å². The van der Waals surface area contributed by atoms with Gasteiger partial charge in [0.2, 0.25) is 0 Å². The number of hydrogen-bond donors (Lipinski definition) is 0. The van der Waals surface area contributed by atoms with Crippen molar-refractivity contribution in [3.63, 3.8) is 0 Å². The molecule has 0 radical (unpaired) electrons. The average molecular weight is 1470 g/mol. The molecule has 0 aliphatic carbocycles. The second-order valence-electron chi connectivity index (χ2n) is 35.9. The van der Waals surface area contributed by atoms with Crippen LogP contribution in [0.25, 0.3) is 22.4 Å². The van der Waals surface area contributed by atoms with Gasteiger partial charge in [-0.25, -0.2) is 4.39 Å². The number of anilines is 4. The van der Waals surface area contributed by atoms with E-state index in [0.717, 1.165) is 37.6 Å². The van der Waals surface area contributed by atoms with Crippen molar-refractivity contribution in [2.45, 2.75) is 250 Å². The Bertz CT molecular complexity index is 3900. The first-order valence-electron chi connectivity index (χ1n) is 38.9. The fraction of sp³-hybridized carbons (Fsp3) is 0.454. The Hall–Kier alpha value is -7.79. The van der Waals surface area contributed by atoms with Crippen LogP contribution < -0.4 is 19.6 Å². The van der Waals surface area contributed by atoms with E-state index >= 15 is 0 Å². The summed E-state index contributed by atoms with van der Waals surface area (Å²) in [6.07, 6.45) is 4.23. The molecule has 2 aliphatic heterocycles. The number of pyridine rings is 1. The van der Waals surface area contributed by atoms with Crippen molar-refractivity contribution < 1.29 is 4.39 Å². The summed E-state index contributed by atoms with van der Waals surface area (Å²) >= 11 is 5.69. The van der Waals surface area contributed by atoms with Crippen molar-refractivity contribution in [1.82, 2.24) is 19.7 Å². The lowest BCUT2D eigenvalue weighted by molar-refractivity contribution is 0.121. The number of hydrogen-bond acceptors (Lipinski definition) is 8. The summed E-state index contributed by atoms with van der Waals surface area (Å²) in [5.41, 5.74) is 19.5. The monoisotopic (exact) mass is 1470 g/mol. The van der Waals surface area contributed by atoms with E-state index in [-0.39, 0.29) is 44.1 Å². The molecule has 0 unspecified atom stereocenters. The van der Waals surface area contributed by atoms with Crippen molar-refractivity contribution in [3.8, 4) is 22.4 Å². The molecular weight excluding hydrogens is 1330 g/mol. The van der Waals surface area contributed by atoms with Gasteiger partial charge in [-0.1, -0.05) is 169 Å². The lowest BCUT2D eigenvalue weighted by Crippen LogP contribution is -2.46. The number of nitrogens with zero attached hydrogens (tertiary/aromatic N) is 8. The topological polar surface area (TPSA) is 35.6 Å². The molecule has 8 aromatic carbocycles. The van der Waals surface area contributed by atoms with Crippen LogP contribution in [0, 0.1) is 12.7 Å². The van der Waals surface area contributed by atoms with E-state index < -0.39 is 0 Å². The molecule has 3 heterocycles. The smallest absolute Gasteiger partial charge is 0.143 e. The van der Waals surface area contributed by atoms with E-state index in [1.54, 1.807) is 6.07 Å². The molecule has 8 nitrogen and oxygen atoms in total. The van der Waals surface area contributed by atoms with Crippen molar-refractivity contribution in [3.05, 3.63) is 269 Å². The summed E-state index contributed by atoms with van der Waals surface area (Å²) < 4.78 is 13.4. The molecule has 0 bridgehead atoms. The minimum atomic E-state index is -0.367. The van der Waals surface area contributed by atoms with E-state index in [9.17, 15) is 4.39 Å². The lowest BCUT2D eigenvalue weighted by atomic mass is 9.95. The fourth-order valence-corrected chi connectivity index (χ4v) is 13.0. The van der Waals surface area contributed by atoms with Gasteiger partial charge in [-0.15, -0.1) is 0 Å². The van der Waals surface area contributed by atoms with Gasteiger partial charge in [-0.3, -0.25) is 19.7 Å². The van der Waals surface area contributed by atoms with Crippen molar-refractivity contribution in [2.75, 3.05) is 60.4 Å².